The van der Waals surface area contributed by atoms with Gasteiger partial charge in [-0.1, -0.05) is 24.3 Å². The standard InChI is InChI=1S/C18H22FN3O/c1-13-11-15(5-8-17(13)19)12-22-18(20)21-10-9-14-3-6-16(23-2)7-4-14/h3-8,11H,9-10,12H2,1-2H3,(H3,20,21,22). The quantitative estimate of drug-likeness (QED) is 0.636. The zero-order valence-electron chi connectivity index (χ0n) is 13.5. The topological polar surface area (TPSA) is 59.6 Å². The van der Waals surface area contributed by atoms with Crippen LogP contribution in [-0.2, 0) is 13.0 Å². The molecule has 0 radical (unpaired) electrons. The molecule has 2 aromatic rings. The Labute approximate surface area is 136 Å². The first-order valence-electron chi connectivity index (χ1n) is 7.50. The second-order valence-corrected chi connectivity index (χ2v) is 5.31. The van der Waals surface area contributed by atoms with Crippen LogP contribution in [0.15, 0.2) is 47.5 Å². The fourth-order valence-corrected chi connectivity index (χ4v) is 2.16. The molecule has 0 heterocycles. The number of methoxy groups -OCH3 is 1. The summed E-state index contributed by atoms with van der Waals surface area (Å²) in [7, 11) is 1.65. The molecule has 0 spiro atoms. The lowest BCUT2D eigenvalue weighted by Crippen LogP contribution is -2.33. The van der Waals surface area contributed by atoms with Crippen molar-refractivity contribution in [3.8, 4) is 5.75 Å². The Hall–Kier alpha value is -2.56. The molecule has 0 aliphatic carbocycles. The van der Waals surface area contributed by atoms with Gasteiger partial charge in [-0.15, -0.1) is 0 Å². The van der Waals surface area contributed by atoms with Crippen LogP contribution in [0.3, 0.4) is 0 Å². The van der Waals surface area contributed by atoms with Gasteiger partial charge in [0.2, 0.25) is 0 Å². The first-order chi connectivity index (χ1) is 11.1. The molecule has 4 nitrogen and oxygen atoms in total. The van der Waals surface area contributed by atoms with Crippen LogP contribution in [0.25, 0.3) is 0 Å². The monoisotopic (exact) mass is 315 g/mol. The minimum absolute atomic E-state index is 0.205. The predicted octanol–water partition coefficient (Wildman–Crippen LogP) is 2.79. The summed E-state index contributed by atoms with van der Waals surface area (Å²) in [5.74, 6) is 1.03. The Morgan fingerprint density at radius 3 is 2.52 bits per heavy atom. The predicted molar refractivity (Wildman–Crippen MR) is 91.2 cm³/mol. The van der Waals surface area contributed by atoms with Crippen LogP contribution in [-0.4, -0.2) is 19.6 Å². The van der Waals surface area contributed by atoms with Gasteiger partial charge in [-0.05, 0) is 48.2 Å². The molecule has 0 aliphatic heterocycles. The van der Waals surface area contributed by atoms with Crippen LogP contribution in [0.5, 0.6) is 5.75 Å². The number of halogens is 1. The van der Waals surface area contributed by atoms with Crippen LogP contribution in [0.2, 0.25) is 0 Å². The highest BCUT2D eigenvalue weighted by Gasteiger charge is 1.99. The van der Waals surface area contributed by atoms with Gasteiger partial charge < -0.3 is 15.8 Å². The van der Waals surface area contributed by atoms with Crippen molar-refractivity contribution >= 4 is 5.96 Å². The van der Waals surface area contributed by atoms with Gasteiger partial charge in [0.1, 0.15) is 11.6 Å². The number of nitrogens with zero attached hydrogens (tertiary/aromatic N) is 1. The Morgan fingerprint density at radius 1 is 1.17 bits per heavy atom. The lowest BCUT2D eigenvalue weighted by atomic mass is 10.1. The number of aryl methyl sites for hydroxylation is 1. The molecule has 0 saturated heterocycles. The Balaban J connectivity index is 1.79. The molecule has 0 bridgehead atoms. The maximum absolute atomic E-state index is 13.2. The number of nitrogens with two attached hydrogens (primary N) is 1. The van der Waals surface area contributed by atoms with E-state index in [1.165, 1.54) is 11.6 Å². The van der Waals surface area contributed by atoms with Crippen LogP contribution in [0, 0.1) is 12.7 Å². The fraction of sp³-hybridized carbons (Fsp3) is 0.278. The summed E-state index contributed by atoms with van der Waals surface area (Å²) in [4.78, 5) is 4.26. The number of aliphatic imine (C=N–C) groups is 1. The molecule has 2 rings (SSSR count). The van der Waals surface area contributed by atoms with Crippen molar-refractivity contribution in [1.82, 2.24) is 5.32 Å². The number of ether oxygens (including phenoxy) is 1. The molecular weight excluding hydrogens is 293 g/mol. The molecular formula is C18H22FN3O. The van der Waals surface area contributed by atoms with Crippen molar-refractivity contribution in [3.63, 3.8) is 0 Å². The Bertz CT molecular complexity index is 668. The first-order valence-corrected chi connectivity index (χ1v) is 7.50. The van der Waals surface area contributed by atoms with Crippen molar-refractivity contribution in [2.75, 3.05) is 13.7 Å². The smallest absolute Gasteiger partial charge is 0.188 e. The summed E-state index contributed by atoms with van der Waals surface area (Å²) in [6, 6.07) is 12.9. The van der Waals surface area contributed by atoms with Crippen LogP contribution in [0.1, 0.15) is 16.7 Å². The molecule has 3 N–H and O–H groups in total. The highest BCUT2D eigenvalue weighted by molar-refractivity contribution is 5.77. The van der Waals surface area contributed by atoms with E-state index in [2.05, 4.69) is 10.3 Å². The van der Waals surface area contributed by atoms with Gasteiger partial charge in [0.25, 0.3) is 0 Å². The van der Waals surface area contributed by atoms with Crippen molar-refractivity contribution in [1.29, 1.82) is 0 Å². The molecule has 2 aromatic carbocycles. The van der Waals surface area contributed by atoms with E-state index >= 15 is 0 Å². The van der Waals surface area contributed by atoms with Gasteiger partial charge in [-0.3, -0.25) is 0 Å². The minimum atomic E-state index is -0.205. The van der Waals surface area contributed by atoms with E-state index < -0.39 is 0 Å². The van der Waals surface area contributed by atoms with Gasteiger partial charge in [0.15, 0.2) is 5.96 Å². The van der Waals surface area contributed by atoms with Gasteiger partial charge in [-0.2, -0.15) is 0 Å². The van der Waals surface area contributed by atoms with Crippen molar-refractivity contribution in [3.05, 3.63) is 65.0 Å². The highest BCUT2D eigenvalue weighted by Crippen LogP contribution is 2.11. The van der Waals surface area contributed by atoms with Gasteiger partial charge in [0, 0.05) is 6.54 Å². The van der Waals surface area contributed by atoms with E-state index in [-0.39, 0.29) is 5.82 Å². The lowest BCUT2D eigenvalue weighted by molar-refractivity contribution is 0.414. The van der Waals surface area contributed by atoms with Crippen LogP contribution >= 0.6 is 0 Å². The summed E-state index contributed by atoms with van der Waals surface area (Å²) >= 11 is 0. The van der Waals surface area contributed by atoms with Crippen LogP contribution < -0.4 is 15.8 Å². The Morgan fingerprint density at radius 2 is 1.87 bits per heavy atom. The minimum Gasteiger partial charge on any atom is -0.497 e. The van der Waals surface area contributed by atoms with Crippen LogP contribution in [0.4, 0.5) is 4.39 Å². The molecule has 122 valence electrons. The normalized spacial score (nSPS) is 11.3. The molecule has 0 fully saturated rings. The van der Waals surface area contributed by atoms with E-state index in [1.807, 2.05) is 24.3 Å². The van der Waals surface area contributed by atoms with E-state index in [9.17, 15) is 4.39 Å². The van der Waals surface area contributed by atoms with Crippen molar-refractivity contribution < 1.29 is 9.13 Å². The van der Waals surface area contributed by atoms with Gasteiger partial charge >= 0.3 is 0 Å². The average Bonchev–Trinajstić information content (AvgIpc) is 2.56. The third-order valence-electron chi connectivity index (χ3n) is 3.53. The number of rotatable bonds is 6. The summed E-state index contributed by atoms with van der Waals surface area (Å²) in [6.07, 6.45) is 0.843. The zero-order valence-corrected chi connectivity index (χ0v) is 13.5. The van der Waals surface area contributed by atoms with E-state index in [0.717, 1.165) is 17.7 Å². The maximum Gasteiger partial charge on any atom is 0.188 e. The average molecular weight is 315 g/mol. The number of guanidine groups is 1. The fourth-order valence-electron chi connectivity index (χ4n) is 2.16. The third kappa shape index (κ3) is 5.29. The third-order valence-corrected chi connectivity index (χ3v) is 3.53. The summed E-state index contributed by atoms with van der Waals surface area (Å²) in [6.45, 7) is 2.87. The second kappa shape index (κ2) is 8.17. The number of hydrogen-bond donors (Lipinski definition) is 2. The highest BCUT2D eigenvalue weighted by atomic mass is 19.1. The van der Waals surface area contributed by atoms with Gasteiger partial charge in [-0.25, -0.2) is 9.38 Å². The molecule has 0 unspecified atom stereocenters. The summed E-state index contributed by atoms with van der Waals surface area (Å²) < 4.78 is 18.3. The molecule has 0 aromatic heterocycles. The second-order valence-electron chi connectivity index (χ2n) is 5.31. The number of nitrogens with one attached hydrogen (secondary N) is 1. The lowest BCUT2D eigenvalue weighted by Gasteiger charge is -2.07. The molecule has 0 aliphatic rings. The van der Waals surface area contributed by atoms with E-state index in [1.54, 1.807) is 26.2 Å². The van der Waals surface area contributed by atoms with Crippen molar-refractivity contribution in [2.24, 2.45) is 10.7 Å². The molecule has 0 amide bonds. The Kier molecular flexibility index (Phi) is 5.97. The molecule has 0 atom stereocenters. The maximum atomic E-state index is 13.2. The first kappa shape index (κ1) is 16.8. The largest absolute Gasteiger partial charge is 0.497 e. The zero-order chi connectivity index (χ0) is 16.7. The molecule has 0 saturated carbocycles. The summed E-state index contributed by atoms with van der Waals surface area (Å²) in [5, 5.41) is 3.08. The summed E-state index contributed by atoms with van der Waals surface area (Å²) in [5.41, 5.74) is 8.59. The van der Waals surface area contributed by atoms with E-state index in [0.29, 0.717) is 24.6 Å². The molecule has 23 heavy (non-hydrogen) atoms. The SMILES string of the molecule is COc1ccc(CCNC(N)=NCc2ccc(F)c(C)c2)cc1. The molecule has 5 heteroatoms. The van der Waals surface area contributed by atoms with E-state index in [4.69, 9.17) is 10.5 Å². The number of benzene rings is 2. The van der Waals surface area contributed by atoms with Crippen molar-refractivity contribution in [2.45, 2.75) is 19.9 Å². The van der Waals surface area contributed by atoms with Gasteiger partial charge in [0.05, 0.1) is 13.7 Å². The number of hydrogen-bond acceptors (Lipinski definition) is 2.